The molecule has 0 spiro atoms. The molecule has 3 N–H and O–H groups in total. The van der Waals surface area contributed by atoms with Gasteiger partial charge in [-0.05, 0) is 48.5 Å². The third kappa shape index (κ3) is 5.70. The van der Waals surface area contributed by atoms with Crippen LogP contribution in [-0.4, -0.2) is 27.7 Å². The molecule has 0 saturated heterocycles. The molecule has 2 aromatic heterocycles. The zero-order valence-electron chi connectivity index (χ0n) is 15.7. The molecule has 0 aliphatic heterocycles. The predicted octanol–water partition coefficient (Wildman–Crippen LogP) is 2.62. The van der Waals surface area contributed by atoms with E-state index < -0.39 is 5.91 Å². The molecule has 0 saturated carbocycles. The van der Waals surface area contributed by atoms with Crippen LogP contribution in [0.1, 0.15) is 33.5 Å². The molecular weight excluding hydrogens is 370 g/mol. The van der Waals surface area contributed by atoms with Gasteiger partial charge in [0.15, 0.2) is 0 Å². The zero-order valence-corrected chi connectivity index (χ0v) is 15.7. The van der Waals surface area contributed by atoms with E-state index in [9.17, 15) is 14.4 Å². The first kappa shape index (κ1) is 19.7. The quantitative estimate of drug-likeness (QED) is 0.600. The van der Waals surface area contributed by atoms with Gasteiger partial charge in [0.25, 0.3) is 11.8 Å². The first-order chi connectivity index (χ1) is 14.0. The van der Waals surface area contributed by atoms with Crippen molar-refractivity contribution in [3.05, 3.63) is 83.9 Å². The lowest BCUT2D eigenvalue weighted by Crippen LogP contribution is -2.24. The smallest absolute Gasteiger partial charge is 0.270 e. The largest absolute Gasteiger partial charge is 0.345 e. The third-order valence-corrected chi connectivity index (χ3v) is 3.87. The highest BCUT2D eigenvalue weighted by atomic mass is 16.2. The predicted molar refractivity (Wildman–Crippen MR) is 108 cm³/mol. The molecule has 0 atom stereocenters. The van der Waals surface area contributed by atoms with Gasteiger partial charge in [-0.3, -0.25) is 24.4 Å². The highest BCUT2D eigenvalue weighted by molar-refractivity contribution is 6.05. The molecular formula is C21H19N5O3. The molecule has 0 radical (unpaired) electrons. The lowest BCUT2D eigenvalue weighted by atomic mass is 10.2. The Kier molecular flexibility index (Phi) is 6.26. The average Bonchev–Trinajstić information content (AvgIpc) is 2.74. The fourth-order valence-corrected chi connectivity index (χ4v) is 2.50. The van der Waals surface area contributed by atoms with E-state index >= 15 is 0 Å². The Bertz CT molecular complexity index is 1020. The van der Waals surface area contributed by atoms with Crippen LogP contribution in [0, 0.1) is 0 Å². The summed E-state index contributed by atoms with van der Waals surface area (Å²) >= 11 is 0. The summed E-state index contributed by atoms with van der Waals surface area (Å²) in [6.45, 7) is 1.68. The van der Waals surface area contributed by atoms with Gasteiger partial charge in [0.05, 0.1) is 12.2 Å². The van der Waals surface area contributed by atoms with Gasteiger partial charge in [0, 0.05) is 36.3 Å². The normalized spacial score (nSPS) is 10.1. The lowest BCUT2D eigenvalue weighted by Gasteiger charge is -2.08. The molecule has 0 fully saturated rings. The van der Waals surface area contributed by atoms with E-state index in [0.29, 0.717) is 16.9 Å². The van der Waals surface area contributed by atoms with Crippen LogP contribution in [0.2, 0.25) is 0 Å². The summed E-state index contributed by atoms with van der Waals surface area (Å²) in [7, 11) is 0. The molecule has 8 heteroatoms. The number of nitrogens with one attached hydrogen (secondary N) is 3. The van der Waals surface area contributed by atoms with Gasteiger partial charge in [-0.2, -0.15) is 0 Å². The molecule has 3 amide bonds. The van der Waals surface area contributed by atoms with Crippen molar-refractivity contribution in [2.24, 2.45) is 0 Å². The van der Waals surface area contributed by atoms with Gasteiger partial charge in [-0.15, -0.1) is 0 Å². The monoisotopic (exact) mass is 389 g/mol. The number of pyridine rings is 2. The van der Waals surface area contributed by atoms with E-state index in [1.54, 1.807) is 42.6 Å². The second kappa shape index (κ2) is 9.23. The molecule has 3 aromatic rings. The first-order valence-electron chi connectivity index (χ1n) is 8.84. The maximum Gasteiger partial charge on any atom is 0.270 e. The summed E-state index contributed by atoms with van der Waals surface area (Å²) in [5.74, 6) is -0.948. The molecule has 3 rings (SSSR count). The second-order valence-corrected chi connectivity index (χ2v) is 6.15. The Balaban J connectivity index is 1.62. The Morgan fingerprint density at radius 2 is 1.55 bits per heavy atom. The minimum absolute atomic E-state index is 0.134. The van der Waals surface area contributed by atoms with Crippen molar-refractivity contribution in [3.63, 3.8) is 0 Å². The summed E-state index contributed by atoms with van der Waals surface area (Å²) in [4.78, 5) is 44.0. The Morgan fingerprint density at radius 3 is 2.21 bits per heavy atom. The van der Waals surface area contributed by atoms with Crippen molar-refractivity contribution in [1.82, 2.24) is 15.3 Å². The topological polar surface area (TPSA) is 113 Å². The van der Waals surface area contributed by atoms with Crippen LogP contribution in [-0.2, 0) is 11.3 Å². The minimum atomic E-state index is -0.398. The van der Waals surface area contributed by atoms with Crippen LogP contribution in [0.15, 0.2) is 67.0 Å². The standard InChI is InChI=1S/C21H19N5O3/c1-14(27)25-16-5-7-17(8-6-16)26-20(28)15-9-11-23-19(12-15)21(29)24-13-18-4-2-3-10-22-18/h2-12H,13H2,1H3,(H,24,29)(H,25,27)(H,26,28). The molecule has 8 nitrogen and oxygen atoms in total. The van der Waals surface area contributed by atoms with Crippen molar-refractivity contribution in [2.45, 2.75) is 13.5 Å². The number of rotatable bonds is 6. The van der Waals surface area contributed by atoms with Gasteiger partial charge >= 0.3 is 0 Å². The van der Waals surface area contributed by atoms with E-state index in [1.807, 2.05) is 6.07 Å². The summed E-state index contributed by atoms with van der Waals surface area (Å²) in [5.41, 5.74) is 2.34. The Labute approximate surface area is 167 Å². The van der Waals surface area contributed by atoms with E-state index in [2.05, 4.69) is 25.9 Å². The van der Waals surface area contributed by atoms with Crippen molar-refractivity contribution >= 4 is 29.1 Å². The number of benzene rings is 1. The first-order valence-corrected chi connectivity index (χ1v) is 8.84. The van der Waals surface area contributed by atoms with Gasteiger partial charge < -0.3 is 16.0 Å². The number of carbonyl (C=O) groups is 3. The number of aromatic nitrogens is 2. The average molecular weight is 389 g/mol. The molecule has 2 heterocycles. The van der Waals surface area contributed by atoms with Crippen molar-refractivity contribution < 1.29 is 14.4 Å². The zero-order chi connectivity index (χ0) is 20.6. The van der Waals surface area contributed by atoms with Crippen LogP contribution >= 0.6 is 0 Å². The van der Waals surface area contributed by atoms with Gasteiger partial charge in [-0.1, -0.05) is 6.07 Å². The van der Waals surface area contributed by atoms with Crippen LogP contribution in [0.25, 0.3) is 0 Å². The van der Waals surface area contributed by atoms with Gasteiger partial charge in [-0.25, -0.2) is 0 Å². The van der Waals surface area contributed by atoms with Crippen LogP contribution < -0.4 is 16.0 Å². The Hall–Kier alpha value is -4.07. The van der Waals surface area contributed by atoms with Crippen LogP contribution in [0.3, 0.4) is 0 Å². The number of nitrogens with zero attached hydrogens (tertiary/aromatic N) is 2. The number of carbonyl (C=O) groups excluding carboxylic acids is 3. The summed E-state index contributed by atoms with van der Waals surface area (Å²) in [6.07, 6.45) is 3.05. The molecule has 0 unspecified atom stereocenters. The summed E-state index contributed by atoms with van der Waals surface area (Å²) in [6, 6.07) is 15.1. The van der Waals surface area contributed by atoms with Crippen LogP contribution in [0.5, 0.6) is 0 Å². The molecule has 0 aliphatic carbocycles. The summed E-state index contributed by atoms with van der Waals surface area (Å²) < 4.78 is 0. The highest BCUT2D eigenvalue weighted by Crippen LogP contribution is 2.15. The number of anilines is 2. The SMILES string of the molecule is CC(=O)Nc1ccc(NC(=O)c2ccnc(C(=O)NCc3ccccn3)c2)cc1. The van der Waals surface area contributed by atoms with E-state index in [0.717, 1.165) is 5.69 Å². The van der Waals surface area contributed by atoms with Crippen molar-refractivity contribution in [3.8, 4) is 0 Å². The number of amides is 3. The fourth-order valence-electron chi connectivity index (χ4n) is 2.50. The molecule has 146 valence electrons. The van der Waals surface area contributed by atoms with Gasteiger partial charge in [0.1, 0.15) is 5.69 Å². The molecule has 29 heavy (non-hydrogen) atoms. The molecule has 1 aromatic carbocycles. The van der Waals surface area contributed by atoms with Crippen LogP contribution in [0.4, 0.5) is 11.4 Å². The van der Waals surface area contributed by atoms with Crippen molar-refractivity contribution in [2.75, 3.05) is 10.6 Å². The van der Waals surface area contributed by atoms with E-state index in [-0.39, 0.29) is 24.1 Å². The summed E-state index contributed by atoms with van der Waals surface area (Å²) in [5, 5.41) is 8.12. The molecule has 0 aliphatic rings. The minimum Gasteiger partial charge on any atom is -0.345 e. The number of hydrogen-bond acceptors (Lipinski definition) is 5. The third-order valence-electron chi connectivity index (χ3n) is 3.87. The highest BCUT2D eigenvalue weighted by Gasteiger charge is 2.12. The lowest BCUT2D eigenvalue weighted by molar-refractivity contribution is -0.114. The number of hydrogen-bond donors (Lipinski definition) is 3. The molecule has 0 bridgehead atoms. The van der Waals surface area contributed by atoms with Crippen molar-refractivity contribution in [1.29, 1.82) is 0 Å². The van der Waals surface area contributed by atoms with E-state index in [4.69, 9.17) is 0 Å². The second-order valence-electron chi connectivity index (χ2n) is 6.15. The maximum atomic E-state index is 12.5. The van der Waals surface area contributed by atoms with Gasteiger partial charge in [0.2, 0.25) is 5.91 Å². The van der Waals surface area contributed by atoms with E-state index in [1.165, 1.54) is 25.3 Å². The fraction of sp³-hybridized carbons (Fsp3) is 0.0952. The maximum absolute atomic E-state index is 12.5. The Morgan fingerprint density at radius 1 is 0.828 bits per heavy atom.